The number of methoxy groups -OCH3 is 1. The van der Waals surface area contributed by atoms with Gasteiger partial charge in [0, 0.05) is 11.3 Å². The number of carbonyl (C=O) groups excluding carboxylic acids is 1. The van der Waals surface area contributed by atoms with Gasteiger partial charge in [-0.25, -0.2) is 4.79 Å². The van der Waals surface area contributed by atoms with Crippen molar-refractivity contribution in [3.63, 3.8) is 0 Å². The number of carbonyl (C=O) groups is 1. The highest BCUT2D eigenvalue weighted by molar-refractivity contribution is 6.04. The summed E-state index contributed by atoms with van der Waals surface area (Å²) in [6.07, 6.45) is -0.127. The van der Waals surface area contributed by atoms with Crippen molar-refractivity contribution >= 4 is 11.6 Å². The minimum absolute atomic E-state index is 0.127. The van der Waals surface area contributed by atoms with E-state index in [1.54, 1.807) is 42.5 Å². The third-order valence-corrected chi connectivity index (χ3v) is 4.48. The molecule has 156 valence electrons. The molecule has 0 saturated carbocycles. The van der Waals surface area contributed by atoms with Gasteiger partial charge in [0.15, 0.2) is 0 Å². The molecule has 0 bridgehead atoms. The zero-order chi connectivity index (χ0) is 21.8. The number of benzene rings is 3. The van der Waals surface area contributed by atoms with Crippen LogP contribution in [0.4, 0.5) is 5.69 Å². The lowest BCUT2D eigenvalue weighted by Gasteiger charge is -2.11. The van der Waals surface area contributed by atoms with Crippen LogP contribution in [0, 0.1) is 6.92 Å². The molecule has 0 aliphatic heterocycles. The van der Waals surface area contributed by atoms with Gasteiger partial charge >= 0.3 is 11.8 Å². The number of aryl methyl sites for hydroxylation is 1. The molecule has 0 fully saturated rings. The first-order chi connectivity index (χ1) is 15.0. The number of amides is 1. The van der Waals surface area contributed by atoms with Crippen molar-refractivity contribution in [1.82, 2.24) is 9.78 Å². The molecule has 0 aliphatic carbocycles. The molecular formula is C23H19N3O5. The highest BCUT2D eigenvalue weighted by atomic mass is 16.6. The number of ether oxygens (including phenoxy) is 2. The summed E-state index contributed by atoms with van der Waals surface area (Å²) in [5, 5.41) is 6.81. The molecule has 0 unspecified atom stereocenters. The minimum atomic E-state index is -0.664. The molecule has 1 amide bonds. The molecule has 0 spiro atoms. The number of nitrogens with zero attached hydrogens (tertiary/aromatic N) is 2. The Kier molecular flexibility index (Phi) is 5.53. The van der Waals surface area contributed by atoms with Crippen LogP contribution in [0.25, 0.3) is 5.69 Å². The Morgan fingerprint density at radius 1 is 1.00 bits per heavy atom. The van der Waals surface area contributed by atoms with Crippen molar-refractivity contribution in [3.05, 3.63) is 94.5 Å². The molecule has 1 N–H and O–H groups in total. The van der Waals surface area contributed by atoms with E-state index in [2.05, 4.69) is 10.4 Å². The van der Waals surface area contributed by atoms with Crippen LogP contribution in [0.5, 0.6) is 17.6 Å². The summed E-state index contributed by atoms with van der Waals surface area (Å²) in [5.74, 6) is 0.300. The second-order valence-corrected chi connectivity index (χ2v) is 6.65. The van der Waals surface area contributed by atoms with Crippen molar-refractivity contribution in [2.24, 2.45) is 0 Å². The summed E-state index contributed by atoms with van der Waals surface area (Å²) in [6, 6.07) is 21.3. The Labute approximate surface area is 177 Å². The first-order valence-electron chi connectivity index (χ1n) is 9.43. The number of hydrogen-bond acceptors (Lipinski definition) is 6. The second kappa shape index (κ2) is 8.58. The normalized spacial score (nSPS) is 10.5. The van der Waals surface area contributed by atoms with Crippen LogP contribution in [0.15, 0.2) is 82.0 Å². The number of anilines is 1. The third kappa shape index (κ3) is 4.48. The van der Waals surface area contributed by atoms with Crippen LogP contribution >= 0.6 is 0 Å². The quantitative estimate of drug-likeness (QED) is 0.505. The van der Waals surface area contributed by atoms with Gasteiger partial charge in [-0.15, -0.1) is 0 Å². The van der Waals surface area contributed by atoms with Crippen LogP contribution in [0.2, 0.25) is 0 Å². The standard InChI is InChI=1S/C23H19N3O5/c1-15-13-17(26-23(28)31-22(25-26)29-2)11-12-20(15)24-21(27)16-7-6-10-19(14-16)30-18-8-4-3-5-9-18/h3-14H,1-2H3,(H,24,27). The first kappa shape index (κ1) is 20.0. The Hall–Kier alpha value is -4.33. The fourth-order valence-electron chi connectivity index (χ4n) is 2.95. The number of nitrogens with one attached hydrogen (secondary N) is 1. The molecule has 0 atom stereocenters. The van der Waals surface area contributed by atoms with Crippen LogP contribution in [-0.2, 0) is 0 Å². The van der Waals surface area contributed by atoms with Gasteiger partial charge in [-0.05, 0) is 61.0 Å². The zero-order valence-corrected chi connectivity index (χ0v) is 16.9. The molecule has 1 heterocycles. The van der Waals surface area contributed by atoms with Gasteiger partial charge in [-0.3, -0.25) is 4.79 Å². The Morgan fingerprint density at radius 3 is 2.48 bits per heavy atom. The highest BCUT2D eigenvalue weighted by Crippen LogP contribution is 2.23. The summed E-state index contributed by atoms with van der Waals surface area (Å²) in [5.41, 5.74) is 2.29. The second-order valence-electron chi connectivity index (χ2n) is 6.65. The van der Waals surface area contributed by atoms with E-state index in [0.29, 0.717) is 28.4 Å². The fraction of sp³-hybridized carbons (Fsp3) is 0.0870. The molecule has 3 aromatic carbocycles. The molecular weight excluding hydrogens is 398 g/mol. The lowest BCUT2D eigenvalue weighted by atomic mass is 10.1. The predicted molar refractivity (Wildman–Crippen MR) is 114 cm³/mol. The lowest BCUT2D eigenvalue weighted by Crippen LogP contribution is -2.15. The van der Waals surface area contributed by atoms with Crippen LogP contribution in [0.3, 0.4) is 0 Å². The molecule has 1 aromatic heterocycles. The van der Waals surface area contributed by atoms with Crippen molar-refractivity contribution < 1.29 is 18.7 Å². The Bertz CT molecular complexity index is 1280. The van der Waals surface area contributed by atoms with Crippen molar-refractivity contribution in [2.45, 2.75) is 6.92 Å². The van der Waals surface area contributed by atoms with Gasteiger partial charge in [-0.1, -0.05) is 29.4 Å². The molecule has 8 nitrogen and oxygen atoms in total. The van der Waals surface area contributed by atoms with Crippen molar-refractivity contribution in [2.75, 3.05) is 12.4 Å². The first-order valence-corrected chi connectivity index (χ1v) is 9.43. The fourth-order valence-corrected chi connectivity index (χ4v) is 2.95. The Morgan fingerprint density at radius 2 is 1.77 bits per heavy atom. The maximum Gasteiger partial charge on any atom is 0.444 e. The molecule has 4 rings (SSSR count). The average molecular weight is 417 g/mol. The van der Waals surface area contributed by atoms with E-state index >= 15 is 0 Å². The van der Waals surface area contributed by atoms with E-state index in [1.807, 2.05) is 37.3 Å². The number of rotatable bonds is 6. The topological polar surface area (TPSA) is 95.6 Å². The van der Waals surface area contributed by atoms with Crippen LogP contribution in [-0.4, -0.2) is 22.8 Å². The Balaban J connectivity index is 1.51. The highest BCUT2D eigenvalue weighted by Gasteiger charge is 2.13. The van der Waals surface area contributed by atoms with Gasteiger partial charge in [-0.2, -0.15) is 4.68 Å². The monoisotopic (exact) mass is 417 g/mol. The molecule has 4 aromatic rings. The minimum Gasteiger partial charge on any atom is -0.457 e. The van der Waals surface area contributed by atoms with E-state index in [4.69, 9.17) is 13.9 Å². The third-order valence-electron chi connectivity index (χ3n) is 4.48. The van der Waals surface area contributed by atoms with Gasteiger partial charge in [0.05, 0.1) is 12.8 Å². The largest absolute Gasteiger partial charge is 0.457 e. The van der Waals surface area contributed by atoms with Crippen LogP contribution < -0.4 is 20.5 Å². The maximum absolute atomic E-state index is 12.8. The number of para-hydroxylation sites is 1. The SMILES string of the molecule is COc1nn(-c2ccc(NC(=O)c3cccc(Oc4ccccc4)c3)c(C)c2)c(=O)o1. The summed E-state index contributed by atoms with van der Waals surface area (Å²) >= 11 is 0. The average Bonchev–Trinajstić information content (AvgIpc) is 3.17. The predicted octanol–water partition coefficient (Wildman–Crippen LogP) is 4.19. The lowest BCUT2D eigenvalue weighted by molar-refractivity contribution is 0.102. The summed E-state index contributed by atoms with van der Waals surface area (Å²) < 4.78 is 16.6. The van der Waals surface area contributed by atoms with E-state index < -0.39 is 5.76 Å². The van der Waals surface area contributed by atoms with Crippen molar-refractivity contribution in [1.29, 1.82) is 0 Å². The zero-order valence-electron chi connectivity index (χ0n) is 16.9. The smallest absolute Gasteiger partial charge is 0.444 e. The number of hydrogen-bond donors (Lipinski definition) is 1. The van der Waals surface area contributed by atoms with E-state index in [0.717, 1.165) is 10.2 Å². The van der Waals surface area contributed by atoms with E-state index in [-0.39, 0.29) is 12.0 Å². The summed E-state index contributed by atoms with van der Waals surface area (Å²) in [4.78, 5) is 24.6. The van der Waals surface area contributed by atoms with E-state index in [1.165, 1.54) is 7.11 Å². The summed E-state index contributed by atoms with van der Waals surface area (Å²) in [6.45, 7) is 1.82. The van der Waals surface area contributed by atoms with Gasteiger partial charge in [0.1, 0.15) is 11.5 Å². The summed E-state index contributed by atoms with van der Waals surface area (Å²) in [7, 11) is 1.36. The maximum atomic E-state index is 12.8. The van der Waals surface area contributed by atoms with Gasteiger partial charge in [0.2, 0.25) is 0 Å². The van der Waals surface area contributed by atoms with Crippen molar-refractivity contribution in [3.8, 4) is 23.3 Å². The molecule has 0 saturated heterocycles. The van der Waals surface area contributed by atoms with Crippen LogP contribution in [0.1, 0.15) is 15.9 Å². The molecule has 8 heteroatoms. The molecule has 31 heavy (non-hydrogen) atoms. The number of aromatic nitrogens is 2. The van der Waals surface area contributed by atoms with Gasteiger partial charge in [0.25, 0.3) is 5.91 Å². The van der Waals surface area contributed by atoms with E-state index in [9.17, 15) is 9.59 Å². The van der Waals surface area contributed by atoms with Gasteiger partial charge < -0.3 is 19.2 Å². The molecule has 0 radical (unpaired) electrons. The molecule has 0 aliphatic rings.